The van der Waals surface area contributed by atoms with Crippen molar-refractivity contribution in [2.75, 3.05) is 26.7 Å². The van der Waals surface area contributed by atoms with Crippen LogP contribution in [0.3, 0.4) is 0 Å². The number of amides is 1. The highest BCUT2D eigenvalue weighted by atomic mass is 16.5. The van der Waals surface area contributed by atoms with Crippen molar-refractivity contribution in [3.63, 3.8) is 0 Å². The van der Waals surface area contributed by atoms with E-state index in [0.717, 1.165) is 50.1 Å². The maximum Gasteiger partial charge on any atom is 0.223 e. The molecule has 4 nitrogen and oxygen atoms in total. The number of piperidine rings is 1. The zero-order valence-corrected chi connectivity index (χ0v) is 13.6. The van der Waals surface area contributed by atoms with Crippen molar-refractivity contribution in [1.29, 1.82) is 0 Å². The highest BCUT2D eigenvalue weighted by molar-refractivity contribution is 5.82. The van der Waals surface area contributed by atoms with Crippen LogP contribution in [0, 0.1) is 18.3 Å². The van der Waals surface area contributed by atoms with Gasteiger partial charge in [-0.2, -0.15) is 0 Å². The van der Waals surface area contributed by atoms with Crippen LogP contribution in [0.2, 0.25) is 0 Å². The molecule has 2 N–H and O–H groups in total. The van der Waals surface area contributed by atoms with Crippen LogP contribution < -0.4 is 15.4 Å². The van der Waals surface area contributed by atoms with Crippen LogP contribution >= 0.6 is 0 Å². The Morgan fingerprint density at radius 2 is 2.18 bits per heavy atom. The van der Waals surface area contributed by atoms with E-state index >= 15 is 0 Å². The molecule has 1 amide bonds. The molecule has 0 bridgehead atoms. The Bertz CT molecular complexity index is 550. The lowest BCUT2D eigenvalue weighted by Crippen LogP contribution is -2.34. The fourth-order valence-corrected chi connectivity index (χ4v) is 3.74. The maximum atomic E-state index is 12.3. The highest BCUT2D eigenvalue weighted by Crippen LogP contribution is 2.58. The summed E-state index contributed by atoms with van der Waals surface area (Å²) in [5.41, 5.74) is 2.70. The molecule has 120 valence electrons. The average molecular weight is 302 g/mol. The fraction of sp³-hybridized carbons (Fsp3) is 0.611. The van der Waals surface area contributed by atoms with Gasteiger partial charge in [0.15, 0.2) is 0 Å². The van der Waals surface area contributed by atoms with Gasteiger partial charge in [-0.15, -0.1) is 0 Å². The Morgan fingerprint density at radius 3 is 2.91 bits per heavy atom. The van der Waals surface area contributed by atoms with Gasteiger partial charge in [0.2, 0.25) is 5.91 Å². The minimum Gasteiger partial charge on any atom is -0.496 e. The van der Waals surface area contributed by atoms with Gasteiger partial charge in [-0.05, 0) is 62.7 Å². The van der Waals surface area contributed by atoms with Gasteiger partial charge >= 0.3 is 0 Å². The fourth-order valence-electron chi connectivity index (χ4n) is 3.74. The van der Waals surface area contributed by atoms with Crippen LogP contribution in [0.1, 0.15) is 30.4 Å². The van der Waals surface area contributed by atoms with Gasteiger partial charge in [0.25, 0.3) is 0 Å². The minimum atomic E-state index is 0.244. The molecule has 1 aliphatic carbocycles. The van der Waals surface area contributed by atoms with Crippen molar-refractivity contribution >= 4 is 5.91 Å². The summed E-state index contributed by atoms with van der Waals surface area (Å²) in [4.78, 5) is 12.3. The zero-order chi connectivity index (χ0) is 15.6. The van der Waals surface area contributed by atoms with Gasteiger partial charge in [-0.25, -0.2) is 0 Å². The van der Waals surface area contributed by atoms with E-state index in [-0.39, 0.29) is 11.8 Å². The second-order valence-corrected chi connectivity index (χ2v) is 6.73. The molecular weight excluding hydrogens is 276 g/mol. The smallest absolute Gasteiger partial charge is 0.223 e. The quantitative estimate of drug-likeness (QED) is 0.875. The Labute approximate surface area is 132 Å². The molecule has 1 aromatic rings. The first-order valence-electron chi connectivity index (χ1n) is 8.27. The third kappa shape index (κ3) is 3.12. The Hall–Kier alpha value is -1.55. The van der Waals surface area contributed by atoms with Crippen molar-refractivity contribution in [2.24, 2.45) is 11.3 Å². The molecule has 0 radical (unpaired) electrons. The van der Waals surface area contributed by atoms with Gasteiger partial charge in [0, 0.05) is 12.5 Å². The van der Waals surface area contributed by atoms with Gasteiger partial charge in [-0.1, -0.05) is 17.7 Å². The molecular formula is C18H26N2O2. The summed E-state index contributed by atoms with van der Waals surface area (Å²) in [6.07, 6.45) is 4.19. The second kappa shape index (κ2) is 6.29. The second-order valence-electron chi connectivity index (χ2n) is 6.73. The summed E-state index contributed by atoms with van der Waals surface area (Å²) in [6, 6.07) is 6.18. The van der Waals surface area contributed by atoms with Crippen LogP contribution in [0.5, 0.6) is 5.75 Å². The number of nitrogens with one attached hydrogen (secondary N) is 2. The molecule has 1 aromatic carbocycles. The van der Waals surface area contributed by atoms with Crippen molar-refractivity contribution in [1.82, 2.24) is 10.6 Å². The topological polar surface area (TPSA) is 50.4 Å². The third-order valence-corrected chi connectivity index (χ3v) is 5.24. The number of rotatable bonds is 5. The van der Waals surface area contributed by atoms with E-state index in [4.69, 9.17) is 4.74 Å². The zero-order valence-electron chi connectivity index (χ0n) is 13.6. The number of carbonyl (C=O) groups is 1. The van der Waals surface area contributed by atoms with Crippen molar-refractivity contribution in [3.05, 3.63) is 29.3 Å². The van der Waals surface area contributed by atoms with Gasteiger partial charge in [0.1, 0.15) is 5.75 Å². The summed E-state index contributed by atoms with van der Waals surface area (Å²) in [6.45, 7) is 4.88. The first kappa shape index (κ1) is 15.3. The van der Waals surface area contributed by atoms with Crippen LogP contribution in [-0.4, -0.2) is 32.7 Å². The number of ether oxygens (including phenoxy) is 1. The van der Waals surface area contributed by atoms with Gasteiger partial charge < -0.3 is 15.4 Å². The van der Waals surface area contributed by atoms with E-state index in [0.29, 0.717) is 12.0 Å². The molecule has 2 aliphatic rings. The normalized spacial score (nSPS) is 22.4. The predicted molar refractivity (Wildman–Crippen MR) is 87.1 cm³/mol. The number of aryl methyl sites for hydroxylation is 1. The lowest BCUT2D eigenvalue weighted by molar-refractivity contribution is -0.123. The van der Waals surface area contributed by atoms with Crippen molar-refractivity contribution < 1.29 is 9.53 Å². The standard InChI is InChI=1S/C18H26N2O2/c1-13-3-4-16(22-2)14(11-13)5-8-20-17(21)15-12-18(15)6-9-19-10-7-18/h3-4,11,15,19H,5-10,12H2,1-2H3,(H,20,21). The first-order chi connectivity index (χ1) is 10.6. The van der Waals surface area contributed by atoms with E-state index in [2.05, 4.69) is 23.6 Å². The number of hydrogen-bond acceptors (Lipinski definition) is 3. The number of carbonyl (C=O) groups excluding carboxylic acids is 1. The van der Waals surface area contributed by atoms with E-state index in [1.54, 1.807) is 7.11 Å². The number of methoxy groups -OCH3 is 1. The van der Waals surface area contributed by atoms with E-state index in [1.807, 2.05) is 12.1 Å². The van der Waals surface area contributed by atoms with Crippen LogP contribution in [0.25, 0.3) is 0 Å². The molecule has 1 heterocycles. The lowest BCUT2D eigenvalue weighted by Gasteiger charge is -2.23. The largest absolute Gasteiger partial charge is 0.496 e. The molecule has 4 heteroatoms. The molecule has 1 spiro atoms. The summed E-state index contributed by atoms with van der Waals surface area (Å²) >= 11 is 0. The monoisotopic (exact) mass is 302 g/mol. The predicted octanol–water partition coefficient (Wildman–Crippen LogP) is 2.05. The number of hydrogen-bond donors (Lipinski definition) is 2. The van der Waals surface area contributed by atoms with Crippen LogP contribution in [-0.2, 0) is 11.2 Å². The minimum absolute atomic E-state index is 0.244. The van der Waals surface area contributed by atoms with Gasteiger partial charge in [0.05, 0.1) is 7.11 Å². The van der Waals surface area contributed by atoms with Crippen LogP contribution in [0.15, 0.2) is 18.2 Å². The molecule has 22 heavy (non-hydrogen) atoms. The summed E-state index contributed by atoms with van der Waals surface area (Å²) in [5.74, 6) is 1.39. The van der Waals surface area contributed by atoms with E-state index in [9.17, 15) is 4.79 Å². The first-order valence-corrected chi connectivity index (χ1v) is 8.27. The molecule has 2 fully saturated rings. The average Bonchev–Trinajstić information content (AvgIpc) is 3.21. The number of benzene rings is 1. The van der Waals surface area contributed by atoms with E-state index < -0.39 is 0 Å². The molecule has 1 saturated heterocycles. The van der Waals surface area contributed by atoms with E-state index in [1.165, 1.54) is 5.56 Å². The SMILES string of the molecule is COc1ccc(C)cc1CCNC(=O)C1CC12CCNCC2. The van der Waals surface area contributed by atoms with Crippen molar-refractivity contribution in [2.45, 2.75) is 32.6 Å². The Kier molecular flexibility index (Phi) is 4.39. The Morgan fingerprint density at radius 1 is 1.41 bits per heavy atom. The molecule has 0 aromatic heterocycles. The molecule has 3 rings (SSSR count). The Balaban J connectivity index is 1.49. The maximum absolute atomic E-state index is 12.3. The molecule has 1 atom stereocenters. The molecule has 1 unspecified atom stereocenters. The van der Waals surface area contributed by atoms with Crippen LogP contribution in [0.4, 0.5) is 0 Å². The lowest BCUT2D eigenvalue weighted by atomic mass is 9.92. The molecule has 1 saturated carbocycles. The third-order valence-electron chi connectivity index (χ3n) is 5.24. The summed E-state index contributed by atoms with van der Waals surface area (Å²) in [5, 5.41) is 6.50. The van der Waals surface area contributed by atoms with Gasteiger partial charge in [-0.3, -0.25) is 4.79 Å². The summed E-state index contributed by atoms with van der Waals surface area (Å²) < 4.78 is 5.39. The van der Waals surface area contributed by atoms with Crippen molar-refractivity contribution in [3.8, 4) is 5.75 Å². The highest BCUT2D eigenvalue weighted by Gasteiger charge is 2.57. The summed E-state index contributed by atoms with van der Waals surface area (Å²) in [7, 11) is 1.69. The molecule has 1 aliphatic heterocycles.